The number of fused-ring (bicyclic) bond motifs is 1. The van der Waals surface area contributed by atoms with Crippen LogP contribution < -0.4 is 5.56 Å². The van der Waals surface area contributed by atoms with Crippen molar-refractivity contribution >= 4 is 11.8 Å². The Morgan fingerprint density at radius 2 is 2.46 bits per heavy atom. The predicted molar refractivity (Wildman–Crippen MR) is 50.3 cm³/mol. The number of rotatable bonds is 2. The van der Waals surface area contributed by atoms with Crippen molar-refractivity contribution in [2.24, 2.45) is 0 Å². The highest BCUT2D eigenvalue weighted by Crippen LogP contribution is 2.25. The highest BCUT2D eigenvalue weighted by atomic mass is 32.2. The number of hydrogen-bond donors (Lipinski definition) is 1. The van der Waals surface area contributed by atoms with Crippen LogP contribution in [0.4, 0.5) is 0 Å². The highest BCUT2D eigenvalue weighted by Gasteiger charge is 2.18. The molecule has 0 saturated heterocycles. The van der Waals surface area contributed by atoms with Crippen LogP contribution in [0.25, 0.3) is 0 Å². The Hall–Kier alpha value is -1.15. The maximum atomic E-state index is 11.6. The lowest BCUT2D eigenvalue weighted by atomic mass is 10.3. The van der Waals surface area contributed by atoms with Gasteiger partial charge in [-0.2, -0.15) is 17.0 Å². The van der Waals surface area contributed by atoms with Gasteiger partial charge in [0.1, 0.15) is 0 Å². The Morgan fingerprint density at radius 3 is 3.15 bits per heavy atom. The average molecular weight is 195 g/mol. The smallest absolute Gasteiger partial charge is 0.270 e. The zero-order chi connectivity index (χ0) is 9.26. The number of aromatic nitrogens is 2. The van der Waals surface area contributed by atoms with E-state index in [-0.39, 0.29) is 5.56 Å². The molecular weight excluding hydrogens is 186 g/mol. The van der Waals surface area contributed by atoms with Crippen molar-refractivity contribution in [1.29, 1.82) is 5.26 Å². The fourth-order valence-corrected chi connectivity index (χ4v) is 2.46. The summed E-state index contributed by atoms with van der Waals surface area (Å²) in [6, 6.07) is 2.02. The molecular formula is C8H9N3OS. The van der Waals surface area contributed by atoms with Gasteiger partial charge in [-0.3, -0.25) is 14.6 Å². The van der Waals surface area contributed by atoms with Gasteiger partial charge in [0.2, 0.25) is 0 Å². The molecule has 4 nitrogen and oxygen atoms in total. The van der Waals surface area contributed by atoms with E-state index in [2.05, 4.69) is 5.10 Å². The van der Waals surface area contributed by atoms with E-state index in [0.29, 0.717) is 13.0 Å². The van der Waals surface area contributed by atoms with Gasteiger partial charge in [-0.15, -0.1) is 0 Å². The van der Waals surface area contributed by atoms with Crippen LogP contribution >= 0.6 is 11.8 Å². The Labute approximate surface area is 79.5 Å². The van der Waals surface area contributed by atoms with Crippen LogP contribution in [0.3, 0.4) is 0 Å². The van der Waals surface area contributed by atoms with Crippen LogP contribution in [0.15, 0.2) is 4.79 Å². The predicted octanol–water partition coefficient (Wildman–Crippen LogP) is 0.837. The lowest BCUT2D eigenvalue weighted by Gasteiger charge is -1.96. The maximum absolute atomic E-state index is 11.6. The number of thioether (sulfide) groups is 1. The molecule has 0 aromatic carbocycles. The third kappa shape index (κ3) is 1.38. The second-order valence-electron chi connectivity index (χ2n) is 2.93. The lowest BCUT2D eigenvalue weighted by molar-refractivity contribution is 0.602. The molecule has 1 aliphatic rings. The van der Waals surface area contributed by atoms with Crippen molar-refractivity contribution in [3.63, 3.8) is 0 Å². The maximum Gasteiger partial charge on any atom is 0.270 e. The number of hydrogen-bond acceptors (Lipinski definition) is 3. The van der Waals surface area contributed by atoms with Gasteiger partial charge in [0.25, 0.3) is 5.56 Å². The topological polar surface area (TPSA) is 61.6 Å². The van der Waals surface area contributed by atoms with Crippen LogP contribution in [0.2, 0.25) is 0 Å². The van der Waals surface area contributed by atoms with E-state index in [1.807, 2.05) is 6.07 Å². The van der Waals surface area contributed by atoms with Crippen LogP contribution in [-0.4, -0.2) is 9.78 Å². The molecule has 0 radical (unpaired) electrons. The Kier molecular flexibility index (Phi) is 2.15. The number of aromatic amines is 1. The molecule has 1 aromatic rings. The van der Waals surface area contributed by atoms with Crippen molar-refractivity contribution in [3.8, 4) is 6.07 Å². The van der Waals surface area contributed by atoms with Gasteiger partial charge in [-0.05, 0) is 0 Å². The molecule has 13 heavy (non-hydrogen) atoms. The SMILES string of the molecule is N#CCCn1[nH]c2c(c1=O)CSC2. The van der Waals surface area contributed by atoms with Crippen molar-refractivity contribution in [3.05, 3.63) is 21.6 Å². The van der Waals surface area contributed by atoms with E-state index in [9.17, 15) is 4.79 Å². The molecule has 0 spiro atoms. The van der Waals surface area contributed by atoms with E-state index in [4.69, 9.17) is 5.26 Å². The first-order valence-electron chi connectivity index (χ1n) is 4.08. The van der Waals surface area contributed by atoms with Gasteiger partial charge in [0, 0.05) is 11.5 Å². The first kappa shape index (κ1) is 8.45. The third-order valence-electron chi connectivity index (χ3n) is 2.08. The summed E-state index contributed by atoms with van der Waals surface area (Å²) in [7, 11) is 0. The minimum atomic E-state index is 0.0512. The fraction of sp³-hybridized carbons (Fsp3) is 0.500. The van der Waals surface area contributed by atoms with Crippen LogP contribution in [0, 0.1) is 11.3 Å². The molecule has 0 aliphatic carbocycles. The van der Waals surface area contributed by atoms with Gasteiger partial charge in [-0.1, -0.05) is 0 Å². The third-order valence-corrected chi connectivity index (χ3v) is 3.06. The monoisotopic (exact) mass is 195 g/mol. The second kappa shape index (κ2) is 3.30. The molecule has 0 saturated carbocycles. The van der Waals surface area contributed by atoms with E-state index < -0.39 is 0 Å². The zero-order valence-electron chi connectivity index (χ0n) is 7.04. The van der Waals surface area contributed by atoms with Gasteiger partial charge < -0.3 is 0 Å². The normalized spacial score (nSPS) is 14.1. The molecule has 0 fully saturated rings. The zero-order valence-corrected chi connectivity index (χ0v) is 7.86. The van der Waals surface area contributed by atoms with Crippen LogP contribution in [0.1, 0.15) is 17.7 Å². The summed E-state index contributed by atoms with van der Waals surface area (Å²) >= 11 is 1.75. The molecule has 68 valence electrons. The number of nitrogens with zero attached hydrogens (tertiary/aromatic N) is 2. The van der Waals surface area contributed by atoms with E-state index >= 15 is 0 Å². The van der Waals surface area contributed by atoms with Crippen molar-refractivity contribution in [2.45, 2.75) is 24.5 Å². The minimum Gasteiger partial charge on any atom is -0.299 e. The molecule has 5 heteroatoms. The van der Waals surface area contributed by atoms with Crippen LogP contribution in [0.5, 0.6) is 0 Å². The molecule has 2 heterocycles. The Bertz CT molecular complexity index is 412. The first-order valence-corrected chi connectivity index (χ1v) is 5.23. The molecule has 0 atom stereocenters. The van der Waals surface area contributed by atoms with E-state index in [0.717, 1.165) is 22.8 Å². The largest absolute Gasteiger partial charge is 0.299 e. The first-order chi connectivity index (χ1) is 6.33. The Balaban J connectivity index is 2.30. The lowest BCUT2D eigenvalue weighted by Crippen LogP contribution is -2.18. The quantitative estimate of drug-likeness (QED) is 0.760. The standard InChI is InChI=1S/C8H9N3OS/c9-2-1-3-11-8(12)6-4-13-5-7(6)10-11/h10H,1,3-5H2. The summed E-state index contributed by atoms with van der Waals surface area (Å²) < 4.78 is 1.54. The number of nitriles is 1. The van der Waals surface area contributed by atoms with Crippen molar-refractivity contribution < 1.29 is 0 Å². The minimum absolute atomic E-state index is 0.0512. The number of nitrogens with one attached hydrogen (secondary N) is 1. The molecule has 1 N–H and O–H groups in total. The number of aryl methyl sites for hydroxylation is 1. The molecule has 1 aromatic heterocycles. The summed E-state index contributed by atoms with van der Waals surface area (Å²) in [5.74, 6) is 1.70. The summed E-state index contributed by atoms with van der Waals surface area (Å²) in [6.45, 7) is 0.479. The fourth-order valence-electron chi connectivity index (χ4n) is 1.42. The summed E-state index contributed by atoms with van der Waals surface area (Å²) in [6.07, 6.45) is 0.381. The summed E-state index contributed by atoms with van der Waals surface area (Å²) in [5, 5.41) is 11.4. The summed E-state index contributed by atoms with van der Waals surface area (Å²) in [4.78, 5) is 11.6. The molecule has 0 amide bonds. The van der Waals surface area contributed by atoms with E-state index in [1.54, 1.807) is 11.8 Å². The van der Waals surface area contributed by atoms with Gasteiger partial charge in [0.15, 0.2) is 0 Å². The summed E-state index contributed by atoms with van der Waals surface area (Å²) in [5.41, 5.74) is 1.98. The second-order valence-corrected chi connectivity index (χ2v) is 3.91. The molecule has 2 rings (SSSR count). The Morgan fingerprint density at radius 1 is 1.62 bits per heavy atom. The average Bonchev–Trinajstić information content (AvgIpc) is 2.67. The molecule has 1 aliphatic heterocycles. The van der Waals surface area contributed by atoms with Crippen molar-refractivity contribution in [1.82, 2.24) is 9.78 Å². The van der Waals surface area contributed by atoms with Gasteiger partial charge >= 0.3 is 0 Å². The van der Waals surface area contributed by atoms with Crippen LogP contribution in [-0.2, 0) is 18.1 Å². The number of H-pyrrole nitrogens is 1. The van der Waals surface area contributed by atoms with E-state index in [1.165, 1.54) is 4.68 Å². The van der Waals surface area contributed by atoms with Crippen molar-refractivity contribution in [2.75, 3.05) is 0 Å². The van der Waals surface area contributed by atoms with Gasteiger partial charge in [0.05, 0.1) is 30.3 Å². The highest BCUT2D eigenvalue weighted by molar-refractivity contribution is 7.98. The van der Waals surface area contributed by atoms with Gasteiger partial charge in [-0.25, -0.2) is 0 Å². The molecule has 0 bridgehead atoms. The molecule has 0 unspecified atom stereocenters.